The number of carbonyl (C=O) groups is 4. The molecule has 0 rings (SSSR count). The first-order valence-electron chi connectivity index (χ1n) is 12.4. The summed E-state index contributed by atoms with van der Waals surface area (Å²) in [6.45, 7) is 16.3. The average molecular weight is 520 g/mol. The Kier molecular flexibility index (Phi) is 14.4. The zero-order valence-corrected chi connectivity index (χ0v) is 23.6. The molecule has 0 saturated carbocycles. The summed E-state index contributed by atoms with van der Waals surface area (Å²) in [6.07, 6.45) is -0.641. The second-order valence-corrected chi connectivity index (χ2v) is 12.8. The highest BCUT2D eigenvalue weighted by atomic mass is 31.2. The molecule has 0 aromatic carbocycles. The third kappa shape index (κ3) is 13.1. The number of nitrogens with one attached hydrogen (secondary N) is 3. The zero-order chi connectivity index (χ0) is 27.5. The van der Waals surface area contributed by atoms with Crippen LogP contribution >= 0.6 is 7.37 Å². The van der Waals surface area contributed by atoms with E-state index in [1.165, 1.54) is 0 Å². The fraction of sp³-hybridized carbons (Fsp3) is 0.833. The minimum Gasteiger partial charge on any atom is -0.466 e. The van der Waals surface area contributed by atoms with Crippen molar-refractivity contribution in [3.05, 3.63) is 0 Å². The zero-order valence-electron chi connectivity index (χ0n) is 22.7. The molecule has 35 heavy (non-hydrogen) atoms. The van der Waals surface area contributed by atoms with Gasteiger partial charge in [-0.05, 0) is 30.6 Å². The first-order chi connectivity index (χ1) is 16.0. The Morgan fingerprint density at radius 2 is 1.29 bits per heavy atom. The molecule has 0 bridgehead atoms. The first-order valence-corrected chi connectivity index (χ1v) is 14.4. The summed E-state index contributed by atoms with van der Waals surface area (Å²) >= 11 is 0. The van der Waals surface area contributed by atoms with Gasteiger partial charge in [-0.2, -0.15) is 0 Å². The predicted octanol–water partition coefficient (Wildman–Crippen LogP) is 2.29. The van der Waals surface area contributed by atoms with Gasteiger partial charge in [0.2, 0.25) is 25.1 Å². The van der Waals surface area contributed by atoms with E-state index in [9.17, 15) is 28.6 Å². The third-order valence-corrected chi connectivity index (χ3v) is 7.12. The molecule has 0 heterocycles. The Balaban J connectivity index is 5.47. The molecule has 4 N–H and O–H groups in total. The molecule has 0 aliphatic heterocycles. The van der Waals surface area contributed by atoms with Gasteiger partial charge in [0.15, 0.2) is 0 Å². The van der Waals surface area contributed by atoms with E-state index in [2.05, 4.69) is 16.0 Å². The Hall–Kier alpha value is -1.93. The lowest BCUT2D eigenvalue weighted by atomic mass is 9.98. The van der Waals surface area contributed by atoms with Crippen molar-refractivity contribution >= 4 is 31.1 Å². The van der Waals surface area contributed by atoms with E-state index in [0.717, 1.165) is 0 Å². The lowest BCUT2D eigenvalue weighted by Crippen LogP contribution is -2.58. The monoisotopic (exact) mass is 519 g/mol. The molecule has 11 heteroatoms. The van der Waals surface area contributed by atoms with Gasteiger partial charge in [-0.3, -0.25) is 23.7 Å². The molecule has 10 nitrogen and oxygen atoms in total. The standard InChI is InChI=1S/C24H46N3O7P/c1-10-34-20(29)13-35(32,33)12-18(15(4)5)25-23(30)22(17(8)9)27-24(31)21(16(6)7)26-19(28)11-14(2)3/h14-18,21-22H,10-13H2,1-9H3,(H,25,30)(H,26,28)(H,27,31)(H,32,33)/t18-,21-,22-/m0/s1. The lowest BCUT2D eigenvalue weighted by molar-refractivity contribution is -0.140. The topological polar surface area (TPSA) is 151 Å². The van der Waals surface area contributed by atoms with E-state index in [1.54, 1.807) is 34.6 Å². The predicted molar refractivity (Wildman–Crippen MR) is 136 cm³/mol. The quantitative estimate of drug-likeness (QED) is 0.191. The van der Waals surface area contributed by atoms with Gasteiger partial charge in [-0.15, -0.1) is 0 Å². The maximum absolute atomic E-state index is 13.1. The Bertz CT molecular complexity index is 768. The van der Waals surface area contributed by atoms with Crippen LogP contribution in [-0.2, 0) is 28.5 Å². The highest BCUT2D eigenvalue weighted by molar-refractivity contribution is 7.59. The van der Waals surface area contributed by atoms with Crippen LogP contribution in [0.4, 0.5) is 0 Å². The van der Waals surface area contributed by atoms with E-state index in [1.807, 2.05) is 27.7 Å². The number of hydrogen-bond acceptors (Lipinski definition) is 6. The van der Waals surface area contributed by atoms with Crippen molar-refractivity contribution in [3.63, 3.8) is 0 Å². The summed E-state index contributed by atoms with van der Waals surface area (Å²) in [7, 11) is -3.91. The first kappa shape index (κ1) is 33.1. The SMILES string of the molecule is CCOC(=O)CP(=O)(O)C[C@H](NC(=O)[C@@H](NC(=O)[C@@H](NC(=O)CC(C)C)C(C)C)C(C)C)C(C)C. The van der Waals surface area contributed by atoms with Gasteiger partial charge in [0, 0.05) is 18.6 Å². The molecule has 1 unspecified atom stereocenters. The normalized spacial score (nSPS) is 15.9. The molecule has 0 spiro atoms. The fourth-order valence-electron chi connectivity index (χ4n) is 3.39. The molecule has 0 aliphatic rings. The molecule has 0 radical (unpaired) electrons. The highest BCUT2D eigenvalue weighted by Gasteiger charge is 2.34. The number of amides is 3. The summed E-state index contributed by atoms with van der Waals surface area (Å²) in [5.41, 5.74) is 0. The average Bonchev–Trinajstić information content (AvgIpc) is 2.67. The van der Waals surface area contributed by atoms with Crippen LogP contribution in [0.15, 0.2) is 0 Å². The smallest absolute Gasteiger partial charge is 0.315 e. The van der Waals surface area contributed by atoms with Crippen molar-refractivity contribution < 1.29 is 33.4 Å². The minimum atomic E-state index is -3.91. The molecule has 0 saturated heterocycles. The second-order valence-electron chi connectivity index (χ2n) is 10.5. The Morgan fingerprint density at radius 3 is 1.71 bits per heavy atom. The van der Waals surface area contributed by atoms with Crippen LogP contribution in [-0.4, -0.2) is 65.6 Å². The molecule has 0 aliphatic carbocycles. The number of rotatable bonds is 15. The van der Waals surface area contributed by atoms with E-state index >= 15 is 0 Å². The van der Waals surface area contributed by atoms with Crippen molar-refractivity contribution in [2.24, 2.45) is 23.7 Å². The number of ether oxygens (including phenoxy) is 1. The number of esters is 1. The van der Waals surface area contributed by atoms with Gasteiger partial charge in [-0.1, -0.05) is 55.4 Å². The van der Waals surface area contributed by atoms with Crippen molar-refractivity contribution in [2.45, 2.75) is 86.9 Å². The van der Waals surface area contributed by atoms with Crippen LogP contribution in [0.3, 0.4) is 0 Å². The van der Waals surface area contributed by atoms with Crippen molar-refractivity contribution in [1.29, 1.82) is 0 Å². The number of hydrogen-bond donors (Lipinski definition) is 4. The van der Waals surface area contributed by atoms with Crippen LogP contribution in [0.25, 0.3) is 0 Å². The van der Waals surface area contributed by atoms with Crippen molar-refractivity contribution in [1.82, 2.24) is 16.0 Å². The second kappa shape index (κ2) is 15.2. The summed E-state index contributed by atoms with van der Waals surface area (Å²) in [5, 5.41) is 8.27. The van der Waals surface area contributed by atoms with E-state index in [-0.39, 0.29) is 48.8 Å². The fourth-order valence-corrected chi connectivity index (χ4v) is 5.14. The van der Waals surface area contributed by atoms with Crippen LogP contribution in [0.2, 0.25) is 0 Å². The van der Waals surface area contributed by atoms with E-state index < -0.39 is 49.4 Å². The van der Waals surface area contributed by atoms with Gasteiger partial charge in [0.25, 0.3) is 0 Å². The van der Waals surface area contributed by atoms with Gasteiger partial charge in [0.1, 0.15) is 18.2 Å². The van der Waals surface area contributed by atoms with Gasteiger partial charge < -0.3 is 25.6 Å². The van der Waals surface area contributed by atoms with Crippen LogP contribution in [0.5, 0.6) is 0 Å². The molecular weight excluding hydrogens is 473 g/mol. The summed E-state index contributed by atoms with van der Waals surface area (Å²) in [4.78, 5) is 60.4. The van der Waals surface area contributed by atoms with Crippen molar-refractivity contribution in [3.8, 4) is 0 Å². The van der Waals surface area contributed by atoms with E-state index in [0.29, 0.717) is 0 Å². The molecule has 204 valence electrons. The molecular formula is C24H46N3O7P. The highest BCUT2D eigenvalue weighted by Crippen LogP contribution is 2.42. The molecule has 3 amide bonds. The lowest BCUT2D eigenvalue weighted by Gasteiger charge is -2.30. The Labute approximate surface area is 210 Å². The van der Waals surface area contributed by atoms with Gasteiger partial charge in [-0.25, -0.2) is 0 Å². The third-order valence-electron chi connectivity index (χ3n) is 5.40. The molecule has 4 atom stereocenters. The molecule has 0 aromatic rings. The number of carbonyl (C=O) groups excluding carboxylic acids is 4. The largest absolute Gasteiger partial charge is 0.466 e. The maximum Gasteiger partial charge on any atom is 0.315 e. The van der Waals surface area contributed by atoms with Crippen LogP contribution in [0.1, 0.15) is 68.7 Å². The Morgan fingerprint density at radius 1 is 0.800 bits per heavy atom. The summed E-state index contributed by atoms with van der Waals surface area (Å²) < 4.78 is 17.4. The van der Waals surface area contributed by atoms with Crippen LogP contribution < -0.4 is 16.0 Å². The molecule has 0 aromatic heterocycles. The minimum absolute atomic E-state index is 0.105. The van der Waals surface area contributed by atoms with Crippen molar-refractivity contribution in [2.75, 3.05) is 18.9 Å². The van der Waals surface area contributed by atoms with Crippen LogP contribution in [0, 0.1) is 23.7 Å². The maximum atomic E-state index is 13.1. The van der Waals surface area contributed by atoms with Gasteiger partial charge in [0.05, 0.1) is 6.61 Å². The van der Waals surface area contributed by atoms with Gasteiger partial charge >= 0.3 is 5.97 Å². The van der Waals surface area contributed by atoms with E-state index in [4.69, 9.17) is 4.74 Å². The summed E-state index contributed by atoms with van der Waals surface area (Å²) in [5.74, 6) is -2.53. The molecule has 0 fully saturated rings. The summed E-state index contributed by atoms with van der Waals surface area (Å²) in [6, 6.07) is -2.42.